The molecule has 0 amide bonds. The molecule has 0 aliphatic heterocycles. The fourth-order valence-electron chi connectivity index (χ4n) is 2.34. The standard InChI is InChI=1S/C17H18N2O7S/c1-12(10-13-2-6-15(7-3-13)26-11-17(20)21)18-27(24,25)16-8-4-14(5-9-16)19(22)23/h2-9,12,18H,10-11H2,1H3,(H,20,21). The lowest BCUT2D eigenvalue weighted by Gasteiger charge is -2.14. The molecule has 10 heteroatoms. The van der Waals surface area contributed by atoms with E-state index in [4.69, 9.17) is 9.84 Å². The normalized spacial score (nSPS) is 12.3. The third kappa shape index (κ3) is 6.04. The van der Waals surface area contributed by atoms with Crippen LogP contribution < -0.4 is 9.46 Å². The first-order valence-corrected chi connectivity index (χ1v) is 9.36. The summed E-state index contributed by atoms with van der Waals surface area (Å²) in [5.41, 5.74) is 0.642. The average Bonchev–Trinajstić information content (AvgIpc) is 2.60. The Morgan fingerprint density at radius 3 is 2.30 bits per heavy atom. The average molecular weight is 394 g/mol. The highest BCUT2D eigenvalue weighted by Crippen LogP contribution is 2.17. The monoisotopic (exact) mass is 394 g/mol. The van der Waals surface area contributed by atoms with Crippen LogP contribution >= 0.6 is 0 Å². The Hall–Kier alpha value is -2.98. The topological polar surface area (TPSA) is 136 Å². The first-order valence-electron chi connectivity index (χ1n) is 7.87. The van der Waals surface area contributed by atoms with Gasteiger partial charge in [-0.1, -0.05) is 12.1 Å². The summed E-state index contributed by atoms with van der Waals surface area (Å²) < 4.78 is 32.3. The van der Waals surface area contributed by atoms with E-state index in [9.17, 15) is 23.3 Å². The van der Waals surface area contributed by atoms with Crippen molar-refractivity contribution >= 4 is 21.7 Å². The number of nitro groups is 1. The number of carbonyl (C=O) groups is 1. The molecule has 2 N–H and O–H groups in total. The summed E-state index contributed by atoms with van der Waals surface area (Å²) in [5, 5.41) is 19.2. The van der Waals surface area contributed by atoms with Crippen LogP contribution in [0.4, 0.5) is 5.69 Å². The molecule has 0 fully saturated rings. The molecule has 0 aliphatic carbocycles. The van der Waals surface area contributed by atoms with Gasteiger partial charge in [-0.3, -0.25) is 10.1 Å². The first-order chi connectivity index (χ1) is 12.7. The van der Waals surface area contributed by atoms with Gasteiger partial charge in [-0.15, -0.1) is 0 Å². The minimum atomic E-state index is -3.81. The molecule has 9 nitrogen and oxygen atoms in total. The van der Waals surface area contributed by atoms with Crippen molar-refractivity contribution in [2.75, 3.05) is 6.61 Å². The highest BCUT2D eigenvalue weighted by molar-refractivity contribution is 7.89. The number of hydrogen-bond donors (Lipinski definition) is 2. The molecule has 0 radical (unpaired) electrons. The molecule has 1 atom stereocenters. The maximum absolute atomic E-state index is 12.4. The first kappa shape index (κ1) is 20.3. The van der Waals surface area contributed by atoms with E-state index in [-0.39, 0.29) is 10.6 Å². The highest BCUT2D eigenvalue weighted by atomic mass is 32.2. The van der Waals surface area contributed by atoms with Crippen molar-refractivity contribution < 1.29 is 28.0 Å². The summed E-state index contributed by atoms with van der Waals surface area (Å²) in [6, 6.07) is 10.8. The second-order valence-corrected chi connectivity index (χ2v) is 7.52. The zero-order valence-corrected chi connectivity index (χ0v) is 15.2. The minimum absolute atomic E-state index is 0.0580. The van der Waals surface area contributed by atoms with Crippen LogP contribution in [0.1, 0.15) is 12.5 Å². The SMILES string of the molecule is CC(Cc1ccc(OCC(=O)O)cc1)NS(=O)(=O)c1ccc([N+](=O)[O-])cc1. The highest BCUT2D eigenvalue weighted by Gasteiger charge is 2.18. The number of nitro benzene ring substituents is 1. The van der Waals surface area contributed by atoms with Crippen LogP contribution in [0, 0.1) is 10.1 Å². The zero-order valence-electron chi connectivity index (χ0n) is 14.4. The summed E-state index contributed by atoms with van der Waals surface area (Å²) >= 11 is 0. The number of non-ortho nitro benzene ring substituents is 1. The maximum atomic E-state index is 12.4. The van der Waals surface area contributed by atoms with Gasteiger partial charge in [0.15, 0.2) is 6.61 Å². The third-order valence-corrected chi connectivity index (χ3v) is 5.15. The van der Waals surface area contributed by atoms with E-state index in [1.54, 1.807) is 31.2 Å². The molecule has 0 spiro atoms. The van der Waals surface area contributed by atoms with E-state index in [1.165, 1.54) is 12.1 Å². The quantitative estimate of drug-likeness (QED) is 0.490. The van der Waals surface area contributed by atoms with Gasteiger partial charge in [0.25, 0.3) is 5.69 Å². The van der Waals surface area contributed by atoms with E-state index in [2.05, 4.69) is 4.72 Å². The van der Waals surface area contributed by atoms with Gasteiger partial charge >= 0.3 is 5.97 Å². The Balaban J connectivity index is 1.98. The Labute approximate surface area is 155 Å². The number of rotatable bonds is 9. The van der Waals surface area contributed by atoms with Crippen molar-refractivity contribution in [2.45, 2.75) is 24.3 Å². The van der Waals surface area contributed by atoms with Crippen molar-refractivity contribution in [1.82, 2.24) is 4.72 Å². The predicted molar refractivity (Wildman–Crippen MR) is 96.2 cm³/mol. The number of ether oxygens (including phenoxy) is 1. The summed E-state index contributed by atoms with van der Waals surface area (Å²) in [4.78, 5) is 20.4. The molecule has 27 heavy (non-hydrogen) atoms. The molecule has 2 rings (SSSR count). The van der Waals surface area contributed by atoms with Gasteiger partial charge in [0.2, 0.25) is 10.0 Å². The van der Waals surface area contributed by atoms with Crippen molar-refractivity contribution in [3.8, 4) is 5.75 Å². The van der Waals surface area contributed by atoms with E-state index in [1.807, 2.05) is 0 Å². The molecule has 0 aliphatic rings. The second-order valence-electron chi connectivity index (χ2n) is 5.80. The van der Waals surface area contributed by atoms with Gasteiger partial charge in [-0.05, 0) is 43.2 Å². The number of benzene rings is 2. The summed E-state index contributed by atoms with van der Waals surface area (Å²) in [6.45, 7) is 1.25. The van der Waals surface area contributed by atoms with Gasteiger partial charge in [0.1, 0.15) is 5.75 Å². The number of nitrogens with zero attached hydrogens (tertiary/aromatic N) is 1. The molecule has 144 valence electrons. The molecule has 0 aromatic heterocycles. The molecular formula is C17H18N2O7S. The van der Waals surface area contributed by atoms with Gasteiger partial charge in [0.05, 0.1) is 9.82 Å². The lowest BCUT2D eigenvalue weighted by molar-refractivity contribution is -0.384. The van der Waals surface area contributed by atoms with Gasteiger partial charge in [0, 0.05) is 18.2 Å². The van der Waals surface area contributed by atoms with Crippen LogP contribution in [0.2, 0.25) is 0 Å². The number of carboxylic acid groups (broad SMARTS) is 1. The number of aliphatic carboxylic acids is 1. The fourth-order valence-corrected chi connectivity index (χ4v) is 3.59. The van der Waals surface area contributed by atoms with E-state index < -0.39 is 33.6 Å². The second kappa shape index (κ2) is 8.60. The van der Waals surface area contributed by atoms with E-state index in [0.717, 1.165) is 17.7 Å². The molecule has 2 aromatic rings. The Kier molecular flexibility index (Phi) is 6.48. The van der Waals surface area contributed by atoms with Crippen LogP contribution in [-0.2, 0) is 21.2 Å². The van der Waals surface area contributed by atoms with Crippen molar-refractivity contribution in [1.29, 1.82) is 0 Å². The lowest BCUT2D eigenvalue weighted by atomic mass is 10.1. The Bertz CT molecular complexity index is 909. The number of hydrogen-bond acceptors (Lipinski definition) is 6. The van der Waals surface area contributed by atoms with Crippen LogP contribution in [0.3, 0.4) is 0 Å². The summed E-state index contributed by atoms with van der Waals surface area (Å²) in [5.74, 6) is -0.673. The smallest absolute Gasteiger partial charge is 0.341 e. The van der Waals surface area contributed by atoms with Crippen LogP contribution in [-0.4, -0.2) is 37.1 Å². The number of nitrogens with one attached hydrogen (secondary N) is 1. The third-order valence-electron chi connectivity index (χ3n) is 3.54. The summed E-state index contributed by atoms with van der Waals surface area (Å²) in [7, 11) is -3.81. The van der Waals surface area contributed by atoms with Crippen LogP contribution in [0.5, 0.6) is 5.75 Å². The van der Waals surface area contributed by atoms with Gasteiger partial charge < -0.3 is 9.84 Å². The maximum Gasteiger partial charge on any atom is 0.341 e. The van der Waals surface area contributed by atoms with Crippen LogP contribution in [0.15, 0.2) is 53.4 Å². The lowest BCUT2D eigenvalue weighted by Crippen LogP contribution is -2.34. The zero-order chi connectivity index (χ0) is 20.0. The molecule has 1 unspecified atom stereocenters. The van der Waals surface area contributed by atoms with Crippen molar-refractivity contribution in [2.24, 2.45) is 0 Å². The Morgan fingerprint density at radius 2 is 1.78 bits per heavy atom. The fraction of sp³-hybridized carbons (Fsp3) is 0.235. The Morgan fingerprint density at radius 1 is 1.19 bits per heavy atom. The molecule has 0 saturated carbocycles. The van der Waals surface area contributed by atoms with E-state index in [0.29, 0.717) is 12.2 Å². The van der Waals surface area contributed by atoms with Crippen molar-refractivity contribution in [3.05, 3.63) is 64.2 Å². The van der Waals surface area contributed by atoms with Crippen LogP contribution in [0.25, 0.3) is 0 Å². The summed E-state index contributed by atoms with van der Waals surface area (Å²) in [6.07, 6.45) is 0.394. The minimum Gasteiger partial charge on any atom is -0.482 e. The largest absolute Gasteiger partial charge is 0.482 e. The molecular weight excluding hydrogens is 376 g/mol. The van der Waals surface area contributed by atoms with Gasteiger partial charge in [-0.25, -0.2) is 17.9 Å². The van der Waals surface area contributed by atoms with Gasteiger partial charge in [-0.2, -0.15) is 0 Å². The van der Waals surface area contributed by atoms with E-state index >= 15 is 0 Å². The molecule has 0 saturated heterocycles. The molecule has 0 heterocycles. The number of sulfonamides is 1. The number of carboxylic acids is 1. The molecule has 0 bridgehead atoms. The molecule has 2 aromatic carbocycles. The predicted octanol–water partition coefficient (Wildman–Crippen LogP) is 1.97. The van der Waals surface area contributed by atoms with Crippen molar-refractivity contribution in [3.63, 3.8) is 0 Å².